The van der Waals surface area contributed by atoms with E-state index in [4.69, 9.17) is 15.6 Å². The predicted octanol–water partition coefficient (Wildman–Crippen LogP) is 0.859. The van der Waals surface area contributed by atoms with E-state index in [2.05, 4.69) is 20.3 Å². The molecule has 0 bridgehead atoms. The van der Waals surface area contributed by atoms with Crippen molar-refractivity contribution in [1.29, 1.82) is 0 Å². The molecule has 116 valence electrons. The van der Waals surface area contributed by atoms with Gasteiger partial charge in [0.25, 0.3) is 0 Å². The number of aliphatic hydroxyl groups excluding tert-OH is 1. The summed E-state index contributed by atoms with van der Waals surface area (Å²) in [6.45, 7) is 1.37. The van der Waals surface area contributed by atoms with Crippen LogP contribution in [-0.4, -0.2) is 49.2 Å². The van der Waals surface area contributed by atoms with Gasteiger partial charge in [0, 0.05) is 18.4 Å². The molecule has 1 aliphatic heterocycles. The molecule has 8 nitrogen and oxygen atoms in total. The molecule has 1 saturated heterocycles. The zero-order valence-corrected chi connectivity index (χ0v) is 12.0. The molecule has 4 rings (SSSR count). The van der Waals surface area contributed by atoms with Crippen LogP contribution in [0.15, 0.2) is 30.7 Å². The molecule has 4 heterocycles. The number of anilines is 1. The second-order valence-corrected chi connectivity index (χ2v) is 5.03. The molecular weight excluding hydrogens is 284 g/mol. The first-order valence-corrected chi connectivity index (χ1v) is 7.09. The Labute approximate surface area is 126 Å². The van der Waals surface area contributed by atoms with E-state index in [1.807, 2.05) is 12.1 Å². The normalized spacial score (nSPS) is 18.0. The van der Waals surface area contributed by atoms with Crippen molar-refractivity contribution in [3.05, 3.63) is 30.7 Å². The lowest BCUT2D eigenvalue weighted by molar-refractivity contribution is -0.00535. The Kier molecular flexibility index (Phi) is 4.31. The number of ether oxygens (including phenoxy) is 1. The van der Waals surface area contributed by atoms with Gasteiger partial charge in [-0.1, -0.05) is 0 Å². The highest BCUT2D eigenvalue weighted by atomic mass is 16.5. The molecule has 8 heteroatoms. The first kappa shape index (κ1) is 14.5. The second-order valence-electron chi connectivity index (χ2n) is 5.03. The molecule has 1 fully saturated rings. The molecular formula is C14H18N6O2. The number of aromatic nitrogens is 5. The van der Waals surface area contributed by atoms with Crippen molar-refractivity contribution >= 4 is 11.5 Å². The van der Waals surface area contributed by atoms with Gasteiger partial charge in [-0.2, -0.15) is 5.10 Å². The predicted molar refractivity (Wildman–Crippen MR) is 81.0 cm³/mol. The summed E-state index contributed by atoms with van der Waals surface area (Å²) >= 11 is 0. The zero-order chi connectivity index (χ0) is 15.4. The van der Waals surface area contributed by atoms with Gasteiger partial charge in [0.15, 0.2) is 0 Å². The summed E-state index contributed by atoms with van der Waals surface area (Å²) in [6.07, 6.45) is 6.97. The fraction of sp³-hybridized carbons (Fsp3) is 0.357. The number of aliphatic hydroxyl groups is 1. The van der Waals surface area contributed by atoms with Gasteiger partial charge < -0.3 is 15.6 Å². The van der Waals surface area contributed by atoms with Crippen LogP contribution < -0.4 is 5.73 Å². The van der Waals surface area contributed by atoms with Crippen molar-refractivity contribution in [1.82, 2.24) is 24.8 Å². The summed E-state index contributed by atoms with van der Waals surface area (Å²) in [7, 11) is 0. The van der Waals surface area contributed by atoms with Gasteiger partial charge in [-0.15, -0.1) is 5.10 Å². The summed E-state index contributed by atoms with van der Waals surface area (Å²) in [5.41, 5.74) is 8.35. The van der Waals surface area contributed by atoms with E-state index in [0.29, 0.717) is 6.61 Å². The lowest BCUT2D eigenvalue weighted by atomic mass is 10.2. The topological polar surface area (TPSA) is 114 Å². The SMILES string of the molecule is Nc1ncc2ccc(-c3cn[nH]c3)n2n1.OC1CCCOC1. The largest absolute Gasteiger partial charge is 0.391 e. The smallest absolute Gasteiger partial charge is 0.238 e. The lowest BCUT2D eigenvalue weighted by Gasteiger charge is -2.15. The van der Waals surface area contributed by atoms with Crippen LogP contribution in [0.3, 0.4) is 0 Å². The molecule has 0 saturated carbocycles. The molecule has 22 heavy (non-hydrogen) atoms. The number of aromatic amines is 1. The van der Waals surface area contributed by atoms with Crippen molar-refractivity contribution in [3.8, 4) is 11.3 Å². The zero-order valence-electron chi connectivity index (χ0n) is 12.0. The van der Waals surface area contributed by atoms with Gasteiger partial charge in [-0.3, -0.25) is 5.10 Å². The maximum absolute atomic E-state index is 8.78. The van der Waals surface area contributed by atoms with Crippen LogP contribution in [0.5, 0.6) is 0 Å². The molecule has 3 aromatic rings. The maximum atomic E-state index is 8.78. The van der Waals surface area contributed by atoms with Crippen LogP contribution in [-0.2, 0) is 4.74 Å². The van der Waals surface area contributed by atoms with E-state index >= 15 is 0 Å². The van der Waals surface area contributed by atoms with E-state index in [1.165, 1.54) is 0 Å². The third-order valence-electron chi connectivity index (χ3n) is 3.35. The van der Waals surface area contributed by atoms with Gasteiger partial charge in [0.2, 0.25) is 5.95 Å². The Hall–Kier alpha value is -2.45. The van der Waals surface area contributed by atoms with E-state index in [0.717, 1.165) is 36.2 Å². The van der Waals surface area contributed by atoms with Crippen molar-refractivity contribution in [2.75, 3.05) is 18.9 Å². The van der Waals surface area contributed by atoms with Crippen LogP contribution in [0.2, 0.25) is 0 Å². The summed E-state index contributed by atoms with van der Waals surface area (Å²) < 4.78 is 6.67. The molecule has 0 aliphatic carbocycles. The van der Waals surface area contributed by atoms with E-state index in [-0.39, 0.29) is 12.1 Å². The van der Waals surface area contributed by atoms with Gasteiger partial charge in [0.1, 0.15) is 0 Å². The minimum Gasteiger partial charge on any atom is -0.391 e. The van der Waals surface area contributed by atoms with Crippen LogP contribution >= 0.6 is 0 Å². The average molecular weight is 302 g/mol. The number of nitrogens with two attached hydrogens (primary N) is 1. The van der Waals surface area contributed by atoms with E-state index < -0.39 is 0 Å². The summed E-state index contributed by atoms with van der Waals surface area (Å²) in [6, 6.07) is 3.88. The molecule has 1 unspecified atom stereocenters. The molecule has 0 amide bonds. The summed E-state index contributed by atoms with van der Waals surface area (Å²) in [4.78, 5) is 3.92. The first-order valence-electron chi connectivity index (χ1n) is 7.09. The van der Waals surface area contributed by atoms with E-state index in [1.54, 1.807) is 23.1 Å². The Morgan fingerprint density at radius 3 is 2.91 bits per heavy atom. The summed E-state index contributed by atoms with van der Waals surface area (Å²) in [5.74, 6) is 0.253. The van der Waals surface area contributed by atoms with Crippen LogP contribution in [0.25, 0.3) is 16.8 Å². The Morgan fingerprint density at radius 1 is 1.36 bits per heavy atom. The highest BCUT2D eigenvalue weighted by Crippen LogP contribution is 2.19. The highest BCUT2D eigenvalue weighted by molar-refractivity contribution is 5.65. The number of nitrogen functional groups attached to an aromatic ring is 1. The number of nitrogens with zero attached hydrogens (tertiary/aromatic N) is 4. The molecule has 0 spiro atoms. The lowest BCUT2D eigenvalue weighted by Crippen LogP contribution is -2.21. The van der Waals surface area contributed by atoms with Crippen LogP contribution in [0, 0.1) is 0 Å². The average Bonchev–Trinajstić information content (AvgIpc) is 3.17. The number of fused-ring (bicyclic) bond motifs is 1. The van der Waals surface area contributed by atoms with Crippen molar-refractivity contribution in [3.63, 3.8) is 0 Å². The minimum atomic E-state index is -0.186. The fourth-order valence-electron chi connectivity index (χ4n) is 2.25. The third kappa shape index (κ3) is 3.23. The van der Waals surface area contributed by atoms with Crippen molar-refractivity contribution < 1.29 is 9.84 Å². The number of hydrogen-bond acceptors (Lipinski definition) is 6. The van der Waals surface area contributed by atoms with Crippen LogP contribution in [0.1, 0.15) is 12.8 Å². The number of rotatable bonds is 1. The fourth-order valence-corrected chi connectivity index (χ4v) is 2.25. The monoisotopic (exact) mass is 302 g/mol. The highest BCUT2D eigenvalue weighted by Gasteiger charge is 2.08. The molecule has 1 atom stereocenters. The number of H-pyrrole nitrogens is 1. The summed E-state index contributed by atoms with van der Waals surface area (Å²) in [5, 5.41) is 19.6. The Balaban J connectivity index is 0.000000174. The Bertz CT molecular complexity index is 718. The maximum Gasteiger partial charge on any atom is 0.238 e. The van der Waals surface area contributed by atoms with Crippen molar-refractivity contribution in [2.45, 2.75) is 18.9 Å². The molecule has 1 aliphatic rings. The van der Waals surface area contributed by atoms with Gasteiger partial charge in [-0.05, 0) is 25.0 Å². The molecule has 0 radical (unpaired) electrons. The first-order chi connectivity index (χ1) is 10.7. The van der Waals surface area contributed by atoms with Gasteiger partial charge in [0.05, 0.1) is 36.3 Å². The third-order valence-corrected chi connectivity index (χ3v) is 3.35. The molecule has 4 N–H and O–H groups in total. The Morgan fingerprint density at radius 2 is 2.27 bits per heavy atom. The quantitative estimate of drug-likeness (QED) is 0.614. The standard InChI is InChI=1S/C9H8N6.C5H10O2/c10-9-11-5-7-1-2-8(15(7)14-9)6-3-12-13-4-6;6-5-2-1-3-7-4-5/h1-5H,(H2,10,14)(H,12,13);5-6H,1-4H2. The molecule has 0 aromatic carbocycles. The number of nitrogens with one attached hydrogen (secondary N) is 1. The number of hydrogen-bond donors (Lipinski definition) is 3. The van der Waals surface area contributed by atoms with Gasteiger partial charge in [-0.25, -0.2) is 9.50 Å². The second kappa shape index (κ2) is 6.54. The van der Waals surface area contributed by atoms with E-state index in [9.17, 15) is 0 Å². The molecule has 3 aromatic heterocycles. The van der Waals surface area contributed by atoms with Crippen molar-refractivity contribution in [2.24, 2.45) is 0 Å². The van der Waals surface area contributed by atoms with Crippen LogP contribution in [0.4, 0.5) is 5.95 Å². The minimum absolute atomic E-state index is 0.186. The van der Waals surface area contributed by atoms with Gasteiger partial charge >= 0.3 is 0 Å².